The molecule has 1 N–H and O–H groups in total. The molecule has 2 aromatic heterocycles. The maximum absolute atomic E-state index is 12.9. The smallest absolute Gasteiger partial charge is 0.274 e. The van der Waals surface area contributed by atoms with Crippen molar-refractivity contribution in [1.29, 1.82) is 0 Å². The zero-order valence-corrected chi connectivity index (χ0v) is 14.5. The molecule has 4 aromatic rings. The molecular formula is C19H14BrN3O. The Morgan fingerprint density at radius 2 is 1.88 bits per heavy atom. The summed E-state index contributed by atoms with van der Waals surface area (Å²) in [4.78, 5) is 17.3. The van der Waals surface area contributed by atoms with E-state index in [-0.39, 0.29) is 5.91 Å². The molecule has 0 saturated heterocycles. The van der Waals surface area contributed by atoms with Gasteiger partial charge in [0.2, 0.25) is 0 Å². The van der Waals surface area contributed by atoms with Gasteiger partial charge in [0.1, 0.15) is 11.3 Å². The maximum atomic E-state index is 12.9. The lowest BCUT2D eigenvalue weighted by Gasteiger charge is -2.09. The van der Waals surface area contributed by atoms with Crippen LogP contribution < -0.4 is 5.32 Å². The number of halogens is 1. The van der Waals surface area contributed by atoms with Gasteiger partial charge in [-0.25, -0.2) is 4.98 Å². The largest absolute Gasteiger partial charge is 0.320 e. The van der Waals surface area contributed by atoms with Crippen molar-refractivity contribution >= 4 is 43.9 Å². The number of amides is 1. The Morgan fingerprint density at radius 1 is 1.08 bits per heavy atom. The van der Waals surface area contributed by atoms with Crippen LogP contribution in [0.3, 0.4) is 0 Å². The van der Waals surface area contributed by atoms with E-state index < -0.39 is 0 Å². The summed E-state index contributed by atoms with van der Waals surface area (Å²) < 4.78 is 2.70. The van der Waals surface area contributed by atoms with E-state index in [2.05, 4.69) is 26.2 Å². The summed E-state index contributed by atoms with van der Waals surface area (Å²) in [6.07, 6.45) is 1.85. The molecule has 0 unspecified atom stereocenters. The molecule has 1 amide bonds. The molecule has 0 fully saturated rings. The third-order valence-corrected chi connectivity index (χ3v) is 4.48. The Bertz CT molecular complexity index is 1080. The average Bonchev–Trinajstić information content (AvgIpc) is 2.90. The fourth-order valence-electron chi connectivity index (χ4n) is 2.93. The first kappa shape index (κ1) is 14.9. The molecule has 4 nitrogen and oxygen atoms in total. The summed E-state index contributed by atoms with van der Waals surface area (Å²) >= 11 is 3.44. The first-order valence-electron chi connectivity index (χ1n) is 7.57. The summed E-state index contributed by atoms with van der Waals surface area (Å²) in [5, 5.41) is 5.13. The van der Waals surface area contributed by atoms with Gasteiger partial charge in [-0.2, -0.15) is 0 Å². The highest BCUT2D eigenvalue weighted by Gasteiger charge is 2.17. The van der Waals surface area contributed by atoms with Crippen molar-refractivity contribution < 1.29 is 4.79 Å². The Hall–Kier alpha value is -2.66. The van der Waals surface area contributed by atoms with Gasteiger partial charge in [-0.3, -0.25) is 9.20 Å². The molecule has 118 valence electrons. The lowest BCUT2D eigenvalue weighted by molar-refractivity contribution is 0.102. The zero-order valence-electron chi connectivity index (χ0n) is 13.0. The number of benzene rings is 2. The van der Waals surface area contributed by atoms with E-state index in [0.717, 1.165) is 26.6 Å². The van der Waals surface area contributed by atoms with Crippen LogP contribution in [0.15, 0.2) is 65.3 Å². The molecule has 0 spiro atoms. The molecule has 0 aliphatic carbocycles. The third-order valence-electron chi connectivity index (χ3n) is 4.01. The molecule has 4 rings (SSSR count). The first-order chi connectivity index (χ1) is 11.6. The van der Waals surface area contributed by atoms with Crippen LogP contribution in [0.5, 0.6) is 0 Å². The molecule has 0 radical (unpaired) electrons. The van der Waals surface area contributed by atoms with E-state index in [4.69, 9.17) is 0 Å². The van der Waals surface area contributed by atoms with Crippen LogP contribution in [-0.4, -0.2) is 15.3 Å². The van der Waals surface area contributed by atoms with Crippen molar-refractivity contribution in [2.24, 2.45) is 0 Å². The van der Waals surface area contributed by atoms with Gasteiger partial charge in [0, 0.05) is 21.7 Å². The van der Waals surface area contributed by atoms with Gasteiger partial charge >= 0.3 is 0 Å². The number of hydrogen-bond acceptors (Lipinski definition) is 2. The van der Waals surface area contributed by atoms with E-state index in [9.17, 15) is 4.79 Å². The number of anilines is 1. The minimum atomic E-state index is -0.172. The second kappa shape index (κ2) is 5.76. The molecule has 0 atom stereocenters. The normalized spacial score (nSPS) is 11.1. The van der Waals surface area contributed by atoms with E-state index in [1.165, 1.54) is 0 Å². The fraction of sp³-hybridized carbons (Fsp3) is 0.0526. The summed E-state index contributed by atoms with van der Waals surface area (Å²) in [5.41, 5.74) is 2.78. The summed E-state index contributed by atoms with van der Waals surface area (Å²) in [6, 6.07) is 17.7. The second-order valence-corrected chi connectivity index (χ2v) is 6.52. The number of hydrogen-bond donors (Lipinski definition) is 1. The minimum Gasteiger partial charge on any atom is -0.320 e. The van der Waals surface area contributed by atoms with Crippen LogP contribution in [0.2, 0.25) is 0 Å². The number of nitrogens with zero attached hydrogens (tertiary/aromatic N) is 2. The summed E-state index contributed by atoms with van der Waals surface area (Å²) in [5.74, 6) is -0.172. The zero-order chi connectivity index (χ0) is 16.7. The van der Waals surface area contributed by atoms with E-state index in [1.807, 2.05) is 67.7 Å². The number of imidazole rings is 1. The molecule has 0 aliphatic heterocycles. The van der Waals surface area contributed by atoms with Crippen molar-refractivity contribution in [3.05, 3.63) is 76.7 Å². The quantitative estimate of drug-likeness (QED) is 0.543. The number of fused-ring (bicyclic) bond motifs is 2. The first-order valence-corrected chi connectivity index (χ1v) is 8.36. The predicted molar refractivity (Wildman–Crippen MR) is 99.5 cm³/mol. The lowest BCUT2D eigenvalue weighted by Crippen LogP contribution is -2.15. The molecule has 5 heteroatoms. The van der Waals surface area contributed by atoms with Gasteiger partial charge < -0.3 is 5.32 Å². The van der Waals surface area contributed by atoms with E-state index in [0.29, 0.717) is 11.4 Å². The molecule has 2 aromatic carbocycles. The Balaban J connectivity index is 1.79. The standard InChI is InChI=1S/C19H14BrN3O/c1-12-18(23-11-14(20)9-10-17(23)21-12)19(24)22-16-8-4-6-13-5-2-3-7-15(13)16/h2-11H,1H3,(H,22,24). The SMILES string of the molecule is Cc1nc2ccc(Br)cn2c1C(=O)Nc1cccc2ccccc12. The highest BCUT2D eigenvalue weighted by atomic mass is 79.9. The third kappa shape index (κ3) is 2.47. The van der Waals surface area contributed by atoms with Crippen LogP contribution >= 0.6 is 15.9 Å². The van der Waals surface area contributed by atoms with Crippen molar-refractivity contribution in [2.45, 2.75) is 6.92 Å². The number of nitrogens with one attached hydrogen (secondary N) is 1. The van der Waals surface area contributed by atoms with Gasteiger partial charge in [-0.15, -0.1) is 0 Å². The Kier molecular flexibility index (Phi) is 3.58. The van der Waals surface area contributed by atoms with Crippen molar-refractivity contribution in [2.75, 3.05) is 5.32 Å². The number of aromatic nitrogens is 2. The van der Waals surface area contributed by atoms with Gasteiger partial charge in [-0.05, 0) is 46.4 Å². The molecule has 24 heavy (non-hydrogen) atoms. The van der Waals surface area contributed by atoms with Gasteiger partial charge in [0.25, 0.3) is 5.91 Å². The van der Waals surface area contributed by atoms with Crippen molar-refractivity contribution in [3.8, 4) is 0 Å². The van der Waals surface area contributed by atoms with E-state index in [1.54, 1.807) is 4.40 Å². The predicted octanol–water partition coefficient (Wildman–Crippen LogP) is 4.81. The Morgan fingerprint density at radius 3 is 2.75 bits per heavy atom. The van der Waals surface area contributed by atoms with Crippen LogP contribution in [-0.2, 0) is 0 Å². The Labute approximate surface area is 147 Å². The number of aryl methyl sites for hydroxylation is 1. The number of carbonyl (C=O) groups excluding carboxylic acids is 1. The molecule has 0 saturated carbocycles. The monoisotopic (exact) mass is 379 g/mol. The van der Waals surface area contributed by atoms with Crippen LogP contribution in [0.4, 0.5) is 5.69 Å². The van der Waals surface area contributed by atoms with Crippen LogP contribution in [0.25, 0.3) is 16.4 Å². The highest BCUT2D eigenvalue weighted by Crippen LogP contribution is 2.24. The molecule has 2 heterocycles. The molecule has 0 bridgehead atoms. The van der Waals surface area contributed by atoms with E-state index >= 15 is 0 Å². The average molecular weight is 380 g/mol. The number of rotatable bonds is 2. The second-order valence-electron chi connectivity index (χ2n) is 5.60. The molecular weight excluding hydrogens is 366 g/mol. The van der Waals surface area contributed by atoms with Crippen LogP contribution in [0, 0.1) is 6.92 Å². The van der Waals surface area contributed by atoms with Gasteiger partial charge in [0.15, 0.2) is 0 Å². The summed E-state index contributed by atoms with van der Waals surface area (Å²) in [7, 11) is 0. The lowest BCUT2D eigenvalue weighted by atomic mass is 10.1. The fourth-order valence-corrected chi connectivity index (χ4v) is 3.26. The highest BCUT2D eigenvalue weighted by molar-refractivity contribution is 9.10. The van der Waals surface area contributed by atoms with Crippen LogP contribution in [0.1, 0.15) is 16.2 Å². The van der Waals surface area contributed by atoms with Gasteiger partial charge in [0.05, 0.1) is 5.69 Å². The maximum Gasteiger partial charge on any atom is 0.274 e. The van der Waals surface area contributed by atoms with Crippen molar-refractivity contribution in [3.63, 3.8) is 0 Å². The number of pyridine rings is 1. The van der Waals surface area contributed by atoms with Gasteiger partial charge in [-0.1, -0.05) is 36.4 Å². The molecule has 0 aliphatic rings. The minimum absolute atomic E-state index is 0.172. The van der Waals surface area contributed by atoms with Crippen molar-refractivity contribution in [1.82, 2.24) is 9.38 Å². The summed E-state index contributed by atoms with van der Waals surface area (Å²) in [6.45, 7) is 1.85. The topological polar surface area (TPSA) is 46.4 Å². The number of carbonyl (C=O) groups is 1.